The number of benzene rings is 1. The van der Waals surface area contributed by atoms with Gasteiger partial charge in [0, 0.05) is 18.5 Å². The first-order valence-corrected chi connectivity index (χ1v) is 20.8. The second kappa shape index (κ2) is 18.4. The van der Waals surface area contributed by atoms with Crippen molar-refractivity contribution in [1.82, 2.24) is 26.2 Å². The highest BCUT2D eigenvalue weighted by atomic mass is 16.6. The quantitative estimate of drug-likeness (QED) is 0.167. The van der Waals surface area contributed by atoms with Gasteiger partial charge in [-0.3, -0.25) is 28.9 Å². The highest BCUT2D eigenvalue weighted by molar-refractivity contribution is 5.95. The van der Waals surface area contributed by atoms with Crippen LogP contribution in [0.5, 0.6) is 0 Å². The van der Waals surface area contributed by atoms with E-state index in [-0.39, 0.29) is 49.2 Å². The van der Waals surface area contributed by atoms with Crippen molar-refractivity contribution < 1.29 is 38.2 Å². The van der Waals surface area contributed by atoms with E-state index in [9.17, 15) is 28.8 Å². The molecule has 5 fully saturated rings. The van der Waals surface area contributed by atoms with Gasteiger partial charge in [0.15, 0.2) is 0 Å². The normalized spacial score (nSPS) is 25.6. The summed E-state index contributed by atoms with van der Waals surface area (Å²) in [6, 6.07) is 5.33. The van der Waals surface area contributed by atoms with Gasteiger partial charge in [-0.05, 0) is 120 Å². The number of carbonyl (C=O) groups is 6. The lowest BCUT2D eigenvalue weighted by Crippen LogP contribution is -2.64. The minimum Gasteiger partial charge on any atom is -0.460 e. The van der Waals surface area contributed by atoms with Crippen LogP contribution in [0.15, 0.2) is 30.3 Å². The standard InChI is InChI=1S/C43H65N5O8/c1-26(2)18-33(45-39(52)34-14-11-17-48(34)41(54)55-25-28-12-9-8-10-13-28)38(51)44-32(15-16-35(49)56-42(5,6)7)37(50)46-36(27(3)4)40(53)47-43-22-29-19-30(23-43)21-31(20-29)24-43/h8-10,12-13,26-27,29-34,36H,11,14-25H2,1-7H3,(H,44,51)(H,45,52)(H,46,50)(H,47,53)/t29?,30?,31?,32-,33-,34-,36-,43?/m0/s1. The number of hydrogen-bond donors (Lipinski definition) is 4. The third kappa shape index (κ3) is 11.7. The van der Waals surface area contributed by atoms with E-state index >= 15 is 0 Å². The Morgan fingerprint density at radius 3 is 2.00 bits per heavy atom. The molecule has 0 spiro atoms. The molecule has 4 N–H and O–H groups in total. The fourth-order valence-corrected chi connectivity index (χ4v) is 9.62. The van der Waals surface area contributed by atoms with Gasteiger partial charge in [-0.1, -0.05) is 58.0 Å². The molecule has 1 aromatic carbocycles. The number of rotatable bonds is 16. The van der Waals surface area contributed by atoms with Crippen molar-refractivity contribution in [3.8, 4) is 0 Å². The van der Waals surface area contributed by atoms with E-state index in [1.165, 1.54) is 24.2 Å². The topological polar surface area (TPSA) is 172 Å². The molecule has 0 aromatic heterocycles. The van der Waals surface area contributed by atoms with E-state index in [4.69, 9.17) is 9.47 Å². The van der Waals surface area contributed by atoms with Gasteiger partial charge >= 0.3 is 12.1 Å². The first-order valence-electron chi connectivity index (χ1n) is 20.8. The van der Waals surface area contributed by atoms with Crippen molar-refractivity contribution in [2.24, 2.45) is 29.6 Å². The summed E-state index contributed by atoms with van der Waals surface area (Å²) >= 11 is 0. The minimum atomic E-state index is -1.20. The summed E-state index contributed by atoms with van der Waals surface area (Å²) in [6.07, 6.45) is 7.01. The van der Waals surface area contributed by atoms with Crippen LogP contribution in [0.1, 0.15) is 125 Å². The zero-order valence-electron chi connectivity index (χ0n) is 34.5. The predicted molar refractivity (Wildman–Crippen MR) is 211 cm³/mol. The molecule has 56 heavy (non-hydrogen) atoms. The Labute approximate surface area is 332 Å². The average molecular weight is 780 g/mol. The fraction of sp³-hybridized carbons (Fsp3) is 0.721. The van der Waals surface area contributed by atoms with Crippen LogP contribution in [0, 0.1) is 29.6 Å². The molecule has 4 bridgehead atoms. The van der Waals surface area contributed by atoms with Crippen LogP contribution in [0.3, 0.4) is 0 Å². The van der Waals surface area contributed by atoms with Crippen molar-refractivity contribution >= 4 is 35.7 Å². The van der Waals surface area contributed by atoms with Gasteiger partial charge in [0.1, 0.15) is 36.4 Å². The Kier molecular flexibility index (Phi) is 14.1. The van der Waals surface area contributed by atoms with Crippen LogP contribution in [0.25, 0.3) is 0 Å². The Hall–Kier alpha value is -4.16. The molecule has 0 radical (unpaired) electrons. The summed E-state index contributed by atoms with van der Waals surface area (Å²) in [5, 5.41) is 12.0. The Morgan fingerprint density at radius 1 is 0.821 bits per heavy atom. The second-order valence-corrected chi connectivity index (χ2v) is 18.7. The third-order valence-corrected chi connectivity index (χ3v) is 11.7. The van der Waals surface area contributed by atoms with E-state index in [0.717, 1.165) is 24.8 Å². The molecule has 4 saturated carbocycles. The Bertz CT molecular complexity index is 1540. The monoisotopic (exact) mass is 779 g/mol. The molecule has 1 aromatic rings. The molecule has 5 amide bonds. The molecule has 13 heteroatoms. The maximum absolute atomic E-state index is 14.1. The molecule has 6 rings (SSSR count). The summed E-state index contributed by atoms with van der Waals surface area (Å²) < 4.78 is 11.0. The molecule has 4 atom stereocenters. The van der Waals surface area contributed by atoms with Gasteiger partial charge in [-0.25, -0.2) is 4.79 Å². The van der Waals surface area contributed by atoms with Gasteiger partial charge in [-0.15, -0.1) is 0 Å². The van der Waals surface area contributed by atoms with Crippen LogP contribution in [-0.2, 0) is 40.1 Å². The summed E-state index contributed by atoms with van der Waals surface area (Å²) in [4.78, 5) is 83.1. The number of nitrogens with zero attached hydrogens (tertiary/aromatic N) is 1. The van der Waals surface area contributed by atoms with E-state index in [0.29, 0.717) is 37.1 Å². The molecule has 4 aliphatic carbocycles. The summed E-state index contributed by atoms with van der Waals surface area (Å²) in [7, 11) is 0. The molecule has 0 unspecified atom stereocenters. The van der Waals surface area contributed by atoms with Gasteiger partial charge in [0.2, 0.25) is 23.6 Å². The molecular weight excluding hydrogens is 714 g/mol. The van der Waals surface area contributed by atoms with Crippen LogP contribution in [0.4, 0.5) is 4.79 Å². The van der Waals surface area contributed by atoms with Gasteiger partial charge in [0.25, 0.3) is 0 Å². The first kappa shape index (κ1) is 43.0. The fourth-order valence-electron chi connectivity index (χ4n) is 9.62. The zero-order valence-corrected chi connectivity index (χ0v) is 34.5. The van der Waals surface area contributed by atoms with Crippen molar-refractivity contribution in [3.05, 3.63) is 35.9 Å². The van der Waals surface area contributed by atoms with Crippen molar-refractivity contribution in [2.75, 3.05) is 6.54 Å². The lowest BCUT2D eigenvalue weighted by atomic mass is 9.53. The number of likely N-dealkylation sites (tertiary alicyclic amines) is 1. The summed E-state index contributed by atoms with van der Waals surface area (Å²) in [6.45, 7) is 13.2. The highest BCUT2D eigenvalue weighted by Crippen LogP contribution is 2.55. The third-order valence-electron chi connectivity index (χ3n) is 11.7. The smallest absolute Gasteiger partial charge is 0.410 e. The van der Waals surface area contributed by atoms with E-state index < -0.39 is 59.6 Å². The molecule has 310 valence electrons. The average Bonchev–Trinajstić information content (AvgIpc) is 3.60. The van der Waals surface area contributed by atoms with Crippen LogP contribution >= 0.6 is 0 Å². The van der Waals surface area contributed by atoms with Gasteiger partial charge in [0.05, 0.1) is 0 Å². The lowest BCUT2D eigenvalue weighted by Gasteiger charge is -2.57. The maximum atomic E-state index is 14.1. The lowest BCUT2D eigenvalue weighted by molar-refractivity contribution is -0.155. The van der Waals surface area contributed by atoms with Gasteiger partial charge < -0.3 is 30.7 Å². The number of nitrogens with one attached hydrogen (secondary N) is 4. The molecule has 5 aliphatic rings. The largest absolute Gasteiger partial charge is 0.460 e. The second-order valence-electron chi connectivity index (χ2n) is 18.7. The number of ether oxygens (including phenoxy) is 2. The van der Waals surface area contributed by atoms with Gasteiger partial charge in [-0.2, -0.15) is 0 Å². The molecular formula is C43H65N5O8. The maximum Gasteiger partial charge on any atom is 0.410 e. The number of amides is 5. The van der Waals surface area contributed by atoms with Crippen LogP contribution in [-0.4, -0.2) is 82.4 Å². The molecule has 1 saturated heterocycles. The Balaban J connectivity index is 1.26. The van der Waals surface area contributed by atoms with Crippen molar-refractivity contribution in [1.29, 1.82) is 0 Å². The predicted octanol–water partition coefficient (Wildman–Crippen LogP) is 5.15. The highest BCUT2D eigenvalue weighted by Gasteiger charge is 2.52. The van der Waals surface area contributed by atoms with E-state index in [2.05, 4.69) is 21.3 Å². The van der Waals surface area contributed by atoms with E-state index in [1.807, 2.05) is 58.0 Å². The summed E-state index contributed by atoms with van der Waals surface area (Å²) in [5.41, 5.74) is -0.169. The first-order chi connectivity index (χ1) is 26.4. The van der Waals surface area contributed by atoms with Crippen molar-refractivity contribution in [3.63, 3.8) is 0 Å². The number of carbonyl (C=O) groups excluding carboxylic acids is 6. The SMILES string of the molecule is CC(C)C[C@H](NC(=O)[C@@H]1CCCN1C(=O)OCc1ccccc1)C(=O)N[C@@H](CCC(=O)OC(C)(C)C)C(=O)N[C@H](C(=O)NC12CC3CC(CC(C3)C1)C2)C(C)C. The summed E-state index contributed by atoms with van der Waals surface area (Å²) in [5.74, 6) is -0.840. The zero-order chi connectivity index (χ0) is 40.8. The Morgan fingerprint density at radius 2 is 1.43 bits per heavy atom. The molecule has 1 aliphatic heterocycles. The number of esters is 1. The number of hydrogen-bond acceptors (Lipinski definition) is 8. The van der Waals surface area contributed by atoms with E-state index in [1.54, 1.807) is 20.8 Å². The van der Waals surface area contributed by atoms with Crippen LogP contribution < -0.4 is 21.3 Å². The van der Waals surface area contributed by atoms with Crippen LogP contribution in [0.2, 0.25) is 0 Å². The molecule has 1 heterocycles. The minimum absolute atomic E-state index is 0.0193. The molecule has 13 nitrogen and oxygen atoms in total. The van der Waals surface area contributed by atoms with Crippen molar-refractivity contribution in [2.45, 2.75) is 161 Å².